The molecule has 3 aliphatic heterocycles. The van der Waals surface area contributed by atoms with E-state index in [1.807, 2.05) is 11.3 Å². The molecule has 3 saturated heterocycles. The van der Waals surface area contributed by atoms with Crippen LogP contribution in [-0.2, 0) is 0 Å². The molecule has 2 unspecified atom stereocenters. The lowest BCUT2D eigenvalue weighted by Crippen LogP contribution is -2.39. The Labute approximate surface area is 119 Å². The van der Waals surface area contributed by atoms with E-state index in [9.17, 15) is 0 Å². The van der Waals surface area contributed by atoms with Crippen molar-refractivity contribution in [2.24, 2.45) is 0 Å². The molecule has 3 fully saturated rings. The van der Waals surface area contributed by atoms with Crippen molar-refractivity contribution >= 4 is 11.3 Å². The molecule has 104 valence electrons. The second-order valence-electron chi connectivity index (χ2n) is 6.48. The van der Waals surface area contributed by atoms with Crippen molar-refractivity contribution in [3.63, 3.8) is 0 Å². The molecular formula is C15H23N3S. The quantitative estimate of drug-likeness (QED) is 0.901. The molecule has 4 heteroatoms. The van der Waals surface area contributed by atoms with Crippen LogP contribution in [0.25, 0.3) is 0 Å². The highest BCUT2D eigenvalue weighted by molar-refractivity contribution is 7.09. The number of hydrogen-bond donors (Lipinski definition) is 1. The van der Waals surface area contributed by atoms with Gasteiger partial charge in [0.05, 0.1) is 16.7 Å². The fourth-order valence-electron chi connectivity index (χ4n) is 4.20. The smallest absolute Gasteiger partial charge is 0.0961 e. The van der Waals surface area contributed by atoms with E-state index in [0.29, 0.717) is 6.04 Å². The van der Waals surface area contributed by atoms with Gasteiger partial charge in [-0.3, -0.25) is 0 Å². The Hall–Kier alpha value is -0.450. The van der Waals surface area contributed by atoms with Crippen molar-refractivity contribution in [1.29, 1.82) is 0 Å². The molecule has 1 N–H and O–H groups in total. The van der Waals surface area contributed by atoms with Crippen LogP contribution in [0.1, 0.15) is 61.2 Å². The topological polar surface area (TPSA) is 28.2 Å². The number of nitrogens with one attached hydrogen (secondary N) is 1. The van der Waals surface area contributed by atoms with Crippen molar-refractivity contribution in [3.8, 4) is 0 Å². The summed E-state index contributed by atoms with van der Waals surface area (Å²) in [7, 11) is 2.31. The van der Waals surface area contributed by atoms with Crippen LogP contribution < -0.4 is 5.32 Å². The number of thiazole rings is 1. The summed E-state index contributed by atoms with van der Waals surface area (Å²) >= 11 is 1.91. The summed E-state index contributed by atoms with van der Waals surface area (Å²) in [5, 5.41) is 7.28. The third-order valence-corrected chi connectivity index (χ3v) is 6.43. The van der Waals surface area contributed by atoms with Gasteiger partial charge in [-0.2, -0.15) is 0 Å². The molecule has 0 radical (unpaired) electrons. The highest BCUT2D eigenvalue weighted by Gasteiger charge is 2.39. The van der Waals surface area contributed by atoms with Crippen molar-refractivity contribution in [1.82, 2.24) is 15.2 Å². The van der Waals surface area contributed by atoms with E-state index in [-0.39, 0.29) is 0 Å². The van der Waals surface area contributed by atoms with Crippen LogP contribution in [0.4, 0.5) is 0 Å². The van der Waals surface area contributed by atoms with E-state index in [1.54, 1.807) is 0 Å². The number of hydrogen-bond acceptors (Lipinski definition) is 4. The van der Waals surface area contributed by atoms with E-state index in [4.69, 9.17) is 4.98 Å². The fraction of sp³-hybridized carbons (Fsp3) is 0.800. The maximum absolute atomic E-state index is 4.98. The van der Waals surface area contributed by atoms with Crippen molar-refractivity contribution in [3.05, 3.63) is 16.1 Å². The molecule has 0 aliphatic carbocycles. The molecule has 2 bridgehead atoms. The minimum Gasteiger partial charge on any atom is -0.309 e. The highest BCUT2D eigenvalue weighted by Crippen LogP contribution is 2.43. The molecule has 3 atom stereocenters. The second kappa shape index (κ2) is 4.83. The Morgan fingerprint density at radius 2 is 2.05 bits per heavy atom. The first-order valence-corrected chi connectivity index (χ1v) is 8.60. The Kier molecular flexibility index (Phi) is 3.13. The Bertz CT molecular complexity index is 438. The standard InChI is InChI=1S/C15H23N3S/c1-18-11-4-5-12(18)8-10(7-11)15-17-14(9-19-15)13-3-2-6-16-13/h9-13,16H,2-8H2,1H3/t10?,11?,12?,13-/m0/s1. The Morgan fingerprint density at radius 3 is 2.74 bits per heavy atom. The molecule has 19 heavy (non-hydrogen) atoms. The monoisotopic (exact) mass is 277 g/mol. The predicted octanol–water partition coefficient (Wildman–Crippen LogP) is 2.91. The van der Waals surface area contributed by atoms with Crippen LogP contribution in [0.3, 0.4) is 0 Å². The molecule has 1 aromatic rings. The van der Waals surface area contributed by atoms with Gasteiger partial charge in [-0.1, -0.05) is 0 Å². The average Bonchev–Trinajstić information content (AvgIpc) is 3.10. The summed E-state index contributed by atoms with van der Waals surface area (Å²) in [4.78, 5) is 7.59. The lowest BCUT2D eigenvalue weighted by molar-refractivity contribution is 0.161. The Balaban J connectivity index is 1.50. The molecule has 0 aromatic carbocycles. The average molecular weight is 277 g/mol. The molecule has 1 aromatic heterocycles. The van der Waals surface area contributed by atoms with Gasteiger partial charge in [0.25, 0.3) is 0 Å². The van der Waals surface area contributed by atoms with Gasteiger partial charge in [0.2, 0.25) is 0 Å². The van der Waals surface area contributed by atoms with Crippen LogP contribution in [0, 0.1) is 0 Å². The van der Waals surface area contributed by atoms with Crippen LogP contribution in [0.15, 0.2) is 5.38 Å². The molecular weight excluding hydrogens is 254 g/mol. The number of rotatable bonds is 2. The first-order valence-electron chi connectivity index (χ1n) is 7.72. The number of aromatic nitrogens is 1. The first-order chi connectivity index (χ1) is 9.31. The number of nitrogens with zero attached hydrogens (tertiary/aromatic N) is 2. The van der Waals surface area contributed by atoms with Gasteiger partial charge < -0.3 is 10.2 Å². The third-order valence-electron chi connectivity index (χ3n) is 5.40. The molecule has 4 rings (SSSR count). The summed E-state index contributed by atoms with van der Waals surface area (Å²) in [5.74, 6) is 0.730. The van der Waals surface area contributed by atoms with Gasteiger partial charge in [0, 0.05) is 23.4 Å². The minimum absolute atomic E-state index is 0.535. The zero-order valence-electron chi connectivity index (χ0n) is 11.6. The summed E-state index contributed by atoms with van der Waals surface area (Å²) in [5.41, 5.74) is 1.31. The van der Waals surface area contributed by atoms with Gasteiger partial charge in [-0.15, -0.1) is 11.3 Å². The van der Waals surface area contributed by atoms with E-state index in [2.05, 4.69) is 22.6 Å². The fourth-order valence-corrected chi connectivity index (χ4v) is 5.20. The highest BCUT2D eigenvalue weighted by atomic mass is 32.1. The van der Waals surface area contributed by atoms with Crippen molar-refractivity contribution in [2.45, 2.75) is 62.6 Å². The number of piperidine rings is 1. The van der Waals surface area contributed by atoms with Crippen LogP contribution in [-0.4, -0.2) is 35.6 Å². The van der Waals surface area contributed by atoms with Crippen molar-refractivity contribution in [2.75, 3.05) is 13.6 Å². The lowest BCUT2D eigenvalue weighted by atomic mass is 9.91. The maximum atomic E-state index is 4.98. The van der Waals surface area contributed by atoms with E-state index in [0.717, 1.165) is 24.5 Å². The summed E-state index contributed by atoms with van der Waals surface area (Å²) in [6.45, 7) is 1.16. The van der Waals surface area contributed by atoms with Gasteiger partial charge in [0.1, 0.15) is 0 Å². The van der Waals surface area contributed by atoms with Crippen LogP contribution in [0.5, 0.6) is 0 Å². The molecule has 0 amide bonds. The van der Waals surface area contributed by atoms with Gasteiger partial charge in [-0.25, -0.2) is 4.98 Å². The summed E-state index contributed by atoms with van der Waals surface area (Å²) < 4.78 is 0. The van der Waals surface area contributed by atoms with E-state index >= 15 is 0 Å². The van der Waals surface area contributed by atoms with E-state index < -0.39 is 0 Å². The van der Waals surface area contributed by atoms with Crippen LogP contribution in [0.2, 0.25) is 0 Å². The SMILES string of the molecule is CN1C2CCC1CC(c1nc([C@@H]3CCCN3)cs1)C2. The zero-order valence-corrected chi connectivity index (χ0v) is 12.5. The van der Waals surface area contributed by atoms with Gasteiger partial charge in [0.15, 0.2) is 0 Å². The minimum atomic E-state index is 0.535. The molecule has 0 spiro atoms. The van der Waals surface area contributed by atoms with Crippen molar-refractivity contribution < 1.29 is 0 Å². The number of fused-ring (bicyclic) bond motifs is 2. The first kappa shape index (κ1) is 12.3. The molecule has 3 aliphatic rings. The maximum Gasteiger partial charge on any atom is 0.0961 e. The van der Waals surface area contributed by atoms with Gasteiger partial charge in [-0.05, 0) is 52.1 Å². The third kappa shape index (κ3) is 2.14. The zero-order chi connectivity index (χ0) is 12.8. The Morgan fingerprint density at radius 1 is 1.26 bits per heavy atom. The molecule has 3 nitrogen and oxygen atoms in total. The largest absolute Gasteiger partial charge is 0.309 e. The second-order valence-corrected chi connectivity index (χ2v) is 7.37. The normalized spacial score (nSPS) is 39.0. The lowest BCUT2D eigenvalue weighted by Gasteiger charge is -2.35. The molecule has 0 saturated carbocycles. The van der Waals surface area contributed by atoms with Gasteiger partial charge >= 0.3 is 0 Å². The molecule has 4 heterocycles. The van der Waals surface area contributed by atoms with E-state index in [1.165, 1.54) is 49.2 Å². The predicted molar refractivity (Wildman–Crippen MR) is 78.6 cm³/mol. The summed E-state index contributed by atoms with van der Waals surface area (Å²) in [6.07, 6.45) is 8.04. The summed E-state index contributed by atoms with van der Waals surface area (Å²) in [6, 6.07) is 2.18. The van der Waals surface area contributed by atoms with Crippen LogP contribution >= 0.6 is 11.3 Å².